The molecule has 1 amide bonds. The highest BCUT2D eigenvalue weighted by atomic mass is 32.2. The van der Waals surface area contributed by atoms with E-state index in [2.05, 4.69) is 33.1 Å². The average molecular weight is 570 g/mol. The highest BCUT2D eigenvalue weighted by Gasteiger charge is 2.28. The summed E-state index contributed by atoms with van der Waals surface area (Å²) >= 11 is 0. The molecule has 0 aromatic heterocycles. The Kier molecular flexibility index (Phi) is 8.05. The van der Waals surface area contributed by atoms with Gasteiger partial charge in [-0.25, -0.2) is 13.1 Å². The lowest BCUT2D eigenvalue weighted by atomic mass is 9.97. The van der Waals surface area contributed by atoms with Crippen LogP contribution in [0.25, 0.3) is 10.8 Å². The first kappa shape index (κ1) is 27.4. The topological polar surface area (TPSA) is 87.7 Å². The van der Waals surface area contributed by atoms with Gasteiger partial charge in [0, 0.05) is 24.9 Å². The number of amides is 1. The van der Waals surface area contributed by atoms with Crippen LogP contribution in [0.2, 0.25) is 0 Å². The van der Waals surface area contributed by atoms with Crippen molar-refractivity contribution >= 4 is 26.7 Å². The fourth-order valence-electron chi connectivity index (χ4n) is 5.82. The van der Waals surface area contributed by atoms with Gasteiger partial charge in [-0.2, -0.15) is 0 Å². The van der Waals surface area contributed by atoms with Crippen molar-refractivity contribution in [1.82, 2.24) is 14.9 Å². The van der Waals surface area contributed by atoms with Gasteiger partial charge in [0.1, 0.15) is 5.75 Å². The first-order valence-electron chi connectivity index (χ1n) is 14.3. The smallest absolute Gasteiger partial charge is 0.241 e. The molecule has 2 N–H and O–H groups in total. The molecule has 0 aliphatic carbocycles. The molecule has 2 aliphatic rings. The van der Waals surface area contributed by atoms with Crippen LogP contribution >= 0.6 is 0 Å². The van der Waals surface area contributed by atoms with Crippen molar-refractivity contribution in [2.45, 2.75) is 49.2 Å². The van der Waals surface area contributed by atoms with Crippen LogP contribution < -0.4 is 14.8 Å². The standard InChI is InChI=1S/C33H35N3O4S/c37-33(34-30-16-19-40-32-20-24(12-15-29(30)32)23-36-17-6-7-18-36)22-31(26-9-2-1-3-10-26)35-41(38,39)28-14-13-25-8-4-5-11-27(25)21-28/h1-5,8-15,20-21,30-31,35H,6-7,16-19,22-23H2,(H,34,37)/t30-,31-/m1/s1. The summed E-state index contributed by atoms with van der Waals surface area (Å²) in [5.41, 5.74) is 2.90. The van der Waals surface area contributed by atoms with E-state index in [0.717, 1.165) is 47.3 Å². The molecule has 0 spiro atoms. The van der Waals surface area contributed by atoms with E-state index < -0.39 is 16.1 Å². The molecule has 41 heavy (non-hydrogen) atoms. The Morgan fingerprint density at radius 2 is 1.66 bits per heavy atom. The summed E-state index contributed by atoms with van der Waals surface area (Å²) < 4.78 is 35.8. The van der Waals surface area contributed by atoms with Crippen LogP contribution in [0.1, 0.15) is 54.5 Å². The molecule has 1 saturated heterocycles. The minimum atomic E-state index is -3.90. The zero-order valence-electron chi connectivity index (χ0n) is 23.0. The molecule has 2 aliphatic heterocycles. The predicted molar refractivity (Wildman–Crippen MR) is 160 cm³/mol. The summed E-state index contributed by atoms with van der Waals surface area (Å²) in [7, 11) is -3.90. The monoisotopic (exact) mass is 569 g/mol. The molecule has 6 rings (SSSR count). The fourth-order valence-corrected chi connectivity index (χ4v) is 7.08. The Bertz CT molecular complexity index is 1640. The number of nitrogens with one attached hydrogen (secondary N) is 2. The minimum absolute atomic E-state index is 0.0312. The first-order valence-corrected chi connectivity index (χ1v) is 15.8. The number of likely N-dealkylation sites (tertiary alicyclic amines) is 1. The van der Waals surface area contributed by atoms with Gasteiger partial charge in [-0.1, -0.05) is 72.8 Å². The van der Waals surface area contributed by atoms with Crippen molar-refractivity contribution in [2.75, 3.05) is 19.7 Å². The van der Waals surface area contributed by atoms with Crippen molar-refractivity contribution in [1.29, 1.82) is 0 Å². The number of hydrogen-bond donors (Lipinski definition) is 2. The van der Waals surface area contributed by atoms with Gasteiger partial charge in [0.15, 0.2) is 0 Å². The van der Waals surface area contributed by atoms with Crippen molar-refractivity contribution in [2.24, 2.45) is 0 Å². The van der Waals surface area contributed by atoms with Crippen LogP contribution in [0.4, 0.5) is 0 Å². The fraction of sp³-hybridized carbons (Fsp3) is 0.303. The van der Waals surface area contributed by atoms with Gasteiger partial charge in [-0.3, -0.25) is 9.69 Å². The number of nitrogens with zero attached hydrogens (tertiary/aromatic N) is 1. The number of sulfonamides is 1. The lowest BCUT2D eigenvalue weighted by Gasteiger charge is -2.28. The Morgan fingerprint density at radius 3 is 2.46 bits per heavy atom. The molecule has 2 heterocycles. The second-order valence-corrected chi connectivity index (χ2v) is 12.6. The van der Waals surface area contributed by atoms with E-state index in [1.54, 1.807) is 18.2 Å². The van der Waals surface area contributed by atoms with Crippen LogP contribution in [-0.2, 0) is 21.4 Å². The molecule has 0 bridgehead atoms. The van der Waals surface area contributed by atoms with E-state index in [4.69, 9.17) is 4.74 Å². The van der Waals surface area contributed by atoms with E-state index in [1.165, 1.54) is 18.4 Å². The Morgan fingerprint density at radius 1 is 0.902 bits per heavy atom. The molecule has 0 saturated carbocycles. The first-order chi connectivity index (χ1) is 19.9. The van der Waals surface area contributed by atoms with Crippen molar-refractivity contribution in [3.63, 3.8) is 0 Å². The summed E-state index contributed by atoms with van der Waals surface area (Å²) in [6.07, 6.45) is 3.12. The summed E-state index contributed by atoms with van der Waals surface area (Å²) in [6.45, 7) is 3.68. The number of carbonyl (C=O) groups excluding carboxylic acids is 1. The van der Waals surface area contributed by atoms with Crippen LogP contribution in [0.5, 0.6) is 5.75 Å². The molecule has 7 nitrogen and oxygen atoms in total. The molecule has 4 aromatic rings. The minimum Gasteiger partial charge on any atom is -0.493 e. The van der Waals surface area contributed by atoms with Gasteiger partial charge in [-0.15, -0.1) is 0 Å². The lowest BCUT2D eigenvalue weighted by Crippen LogP contribution is -2.36. The maximum absolute atomic E-state index is 13.5. The molecule has 1 fully saturated rings. The van der Waals surface area contributed by atoms with Crippen molar-refractivity contribution < 1.29 is 17.9 Å². The molecule has 8 heteroatoms. The zero-order valence-corrected chi connectivity index (χ0v) is 23.8. The third-order valence-corrected chi connectivity index (χ3v) is 9.45. The number of fused-ring (bicyclic) bond motifs is 2. The molecule has 212 valence electrons. The van der Waals surface area contributed by atoms with Crippen LogP contribution in [0.15, 0.2) is 95.9 Å². The molecule has 0 unspecified atom stereocenters. The molecular formula is C33H35N3O4S. The maximum Gasteiger partial charge on any atom is 0.241 e. The van der Waals surface area contributed by atoms with Gasteiger partial charge in [-0.05, 0) is 66.0 Å². The molecule has 0 radical (unpaired) electrons. The number of benzene rings is 4. The third-order valence-electron chi connectivity index (χ3n) is 7.98. The van der Waals surface area contributed by atoms with Gasteiger partial charge >= 0.3 is 0 Å². The maximum atomic E-state index is 13.5. The molecular weight excluding hydrogens is 534 g/mol. The van der Waals surface area contributed by atoms with Crippen LogP contribution in [-0.4, -0.2) is 38.9 Å². The number of ether oxygens (including phenoxy) is 1. The average Bonchev–Trinajstić information content (AvgIpc) is 3.50. The summed E-state index contributed by atoms with van der Waals surface area (Å²) in [5.74, 6) is 0.592. The second kappa shape index (κ2) is 12.0. The second-order valence-electron chi connectivity index (χ2n) is 10.9. The molecule has 2 atom stereocenters. The van der Waals surface area contributed by atoms with E-state index in [-0.39, 0.29) is 23.3 Å². The number of hydrogen-bond acceptors (Lipinski definition) is 5. The summed E-state index contributed by atoms with van der Waals surface area (Å²) in [4.78, 5) is 16.0. The Labute approximate surface area is 241 Å². The summed E-state index contributed by atoms with van der Waals surface area (Å²) in [5, 5.41) is 4.96. The van der Waals surface area contributed by atoms with Crippen molar-refractivity contribution in [3.8, 4) is 5.75 Å². The molecule has 4 aromatic carbocycles. The number of carbonyl (C=O) groups is 1. The van der Waals surface area contributed by atoms with Crippen molar-refractivity contribution in [3.05, 3.63) is 108 Å². The zero-order chi connectivity index (χ0) is 28.2. The predicted octanol–water partition coefficient (Wildman–Crippen LogP) is 5.49. The number of rotatable bonds is 9. The SMILES string of the molecule is O=C(C[C@@H](NS(=O)(=O)c1ccc2ccccc2c1)c1ccccc1)N[C@@H]1CCOc2cc(CN3CCCC3)ccc21. The van der Waals surface area contributed by atoms with Gasteiger partial charge in [0.25, 0.3) is 0 Å². The van der Waals surface area contributed by atoms with Crippen LogP contribution in [0, 0.1) is 0 Å². The largest absolute Gasteiger partial charge is 0.493 e. The van der Waals surface area contributed by atoms with Gasteiger partial charge < -0.3 is 10.1 Å². The van der Waals surface area contributed by atoms with E-state index >= 15 is 0 Å². The van der Waals surface area contributed by atoms with Gasteiger partial charge in [0.05, 0.1) is 23.6 Å². The van der Waals surface area contributed by atoms with Crippen LogP contribution in [0.3, 0.4) is 0 Å². The highest BCUT2D eigenvalue weighted by Crippen LogP contribution is 2.34. The van der Waals surface area contributed by atoms with Gasteiger partial charge in [0.2, 0.25) is 15.9 Å². The Balaban J connectivity index is 1.18. The third kappa shape index (κ3) is 6.45. The summed E-state index contributed by atoms with van der Waals surface area (Å²) in [6, 6.07) is 27.3. The quantitative estimate of drug-likeness (QED) is 0.279. The normalized spacial score (nSPS) is 18.0. The highest BCUT2D eigenvalue weighted by molar-refractivity contribution is 7.89. The van der Waals surface area contributed by atoms with E-state index in [0.29, 0.717) is 13.0 Å². The van der Waals surface area contributed by atoms with E-state index in [1.807, 2.05) is 54.6 Å². The van der Waals surface area contributed by atoms with E-state index in [9.17, 15) is 13.2 Å². The lowest BCUT2D eigenvalue weighted by molar-refractivity contribution is -0.122. The Hall–Kier alpha value is -3.72.